The van der Waals surface area contributed by atoms with Crippen LogP contribution in [-0.4, -0.2) is 31.0 Å². The Kier molecular flexibility index (Phi) is 6.50. The van der Waals surface area contributed by atoms with Crippen LogP contribution in [0, 0.1) is 5.82 Å². The molecule has 1 aliphatic rings. The minimum absolute atomic E-state index is 0.00295. The Balaban J connectivity index is 2.04. The summed E-state index contributed by atoms with van der Waals surface area (Å²) in [7, 11) is 2.77. The number of hydrogen-bond acceptors (Lipinski definition) is 5. The maximum atomic E-state index is 15.0. The van der Waals surface area contributed by atoms with Gasteiger partial charge in [0.15, 0.2) is 0 Å². The van der Waals surface area contributed by atoms with Gasteiger partial charge in [-0.2, -0.15) is 0 Å². The van der Waals surface area contributed by atoms with Gasteiger partial charge >= 0.3 is 0 Å². The summed E-state index contributed by atoms with van der Waals surface area (Å²) in [5.41, 5.74) is -0.0658. The second-order valence-corrected chi connectivity index (χ2v) is 8.14. The summed E-state index contributed by atoms with van der Waals surface area (Å²) in [6.07, 6.45) is 0. The molecule has 0 bridgehead atoms. The lowest BCUT2D eigenvalue weighted by Gasteiger charge is -2.26. The molecular formula is C25H18Cl2FNO5. The number of Topliss-reactive ketones (excluding diaryl/α,β-unsaturated/α-hetero) is 1. The van der Waals surface area contributed by atoms with Gasteiger partial charge in [-0.05, 0) is 36.4 Å². The molecule has 0 aromatic heterocycles. The van der Waals surface area contributed by atoms with Gasteiger partial charge in [0.05, 0.1) is 35.9 Å². The second kappa shape index (κ2) is 9.37. The van der Waals surface area contributed by atoms with E-state index in [1.54, 1.807) is 24.3 Å². The van der Waals surface area contributed by atoms with E-state index >= 15 is 4.39 Å². The number of aliphatic hydroxyl groups is 1. The molecule has 9 heteroatoms. The van der Waals surface area contributed by atoms with Gasteiger partial charge in [-0.1, -0.05) is 47.5 Å². The summed E-state index contributed by atoms with van der Waals surface area (Å²) in [6, 6.07) is 13.5. The van der Waals surface area contributed by atoms with Gasteiger partial charge in [0.25, 0.3) is 11.7 Å². The smallest absolute Gasteiger partial charge is 0.300 e. The Morgan fingerprint density at radius 3 is 2.18 bits per heavy atom. The quantitative estimate of drug-likeness (QED) is 0.272. The van der Waals surface area contributed by atoms with E-state index in [-0.39, 0.29) is 43.9 Å². The third-order valence-corrected chi connectivity index (χ3v) is 6.23. The van der Waals surface area contributed by atoms with Gasteiger partial charge < -0.3 is 14.6 Å². The molecule has 1 N–H and O–H groups in total. The first-order valence-corrected chi connectivity index (χ1v) is 10.8. The van der Waals surface area contributed by atoms with Crippen LogP contribution in [0.5, 0.6) is 11.5 Å². The molecular weight excluding hydrogens is 484 g/mol. The average molecular weight is 502 g/mol. The Morgan fingerprint density at radius 2 is 1.59 bits per heavy atom. The monoisotopic (exact) mass is 501 g/mol. The van der Waals surface area contributed by atoms with Crippen LogP contribution in [0.1, 0.15) is 17.2 Å². The van der Waals surface area contributed by atoms with Crippen molar-refractivity contribution in [2.45, 2.75) is 6.04 Å². The van der Waals surface area contributed by atoms with E-state index in [0.29, 0.717) is 0 Å². The largest absolute Gasteiger partial charge is 0.506 e. The lowest BCUT2D eigenvalue weighted by Crippen LogP contribution is -2.29. The first-order valence-electron chi connectivity index (χ1n) is 10.0. The number of methoxy groups -OCH3 is 2. The topological polar surface area (TPSA) is 76.1 Å². The van der Waals surface area contributed by atoms with Crippen LogP contribution >= 0.6 is 23.2 Å². The van der Waals surface area contributed by atoms with Gasteiger partial charge in [0, 0.05) is 11.3 Å². The third kappa shape index (κ3) is 3.87. The highest BCUT2D eigenvalue weighted by atomic mass is 35.5. The van der Waals surface area contributed by atoms with E-state index in [1.807, 2.05) is 0 Å². The zero-order valence-corrected chi connectivity index (χ0v) is 19.5. The number of anilines is 1. The van der Waals surface area contributed by atoms with Gasteiger partial charge in [0.1, 0.15) is 28.6 Å². The van der Waals surface area contributed by atoms with Crippen molar-refractivity contribution in [3.8, 4) is 11.5 Å². The molecule has 1 atom stereocenters. The number of benzene rings is 3. The zero-order chi connectivity index (χ0) is 24.6. The number of amides is 1. The number of ketones is 1. The van der Waals surface area contributed by atoms with Crippen molar-refractivity contribution in [3.05, 3.63) is 93.2 Å². The molecule has 174 valence electrons. The molecule has 6 nitrogen and oxygen atoms in total. The molecule has 1 saturated heterocycles. The van der Waals surface area contributed by atoms with Crippen molar-refractivity contribution in [2.75, 3.05) is 19.1 Å². The fourth-order valence-corrected chi connectivity index (χ4v) is 4.24. The molecule has 0 saturated carbocycles. The molecule has 0 spiro atoms. The first kappa shape index (κ1) is 23.6. The highest BCUT2D eigenvalue weighted by Crippen LogP contribution is 2.46. The van der Waals surface area contributed by atoms with Gasteiger partial charge in [-0.3, -0.25) is 14.5 Å². The summed E-state index contributed by atoms with van der Waals surface area (Å²) in [5, 5.41) is 11.7. The van der Waals surface area contributed by atoms with Crippen molar-refractivity contribution in [1.82, 2.24) is 0 Å². The predicted molar refractivity (Wildman–Crippen MR) is 127 cm³/mol. The Morgan fingerprint density at radius 1 is 0.941 bits per heavy atom. The fourth-order valence-electron chi connectivity index (χ4n) is 3.94. The first-order chi connectivity index (χ1) is 16.3. The molecule has 1 fully saturated rings. The highest BCUT2D eigenvalue weighted by Gasteiger charge is 2.48. The molecule has 4 rings (SSSR count). The van der Waals surface area contributed by atoms with Crippen LogP contribution in [0.2, 0.25) is 10.0 Å². The number of hydrogen-bond donors (Lipinski definition) is 1. The van der Waals surface area contributed by atoms with Crippen LogP contribution in [-0.2, 0) is 9.59 Å². The van der Waals surface area contributed by atoms with E-state index in [9.17, 15) is 14.7 Å². The van der Waals surface area contributed by atoms with Crippen molar-refractivity contribution >= 4 is 46.3 Å². The molecule has 3 aromatic carbocycles. The second-order valence-electron chi connectivity index (χ2n) is 7.33. The Labute approximate surface area is 204 Å². The standard InChI is InChI=1S/C25H18Cl2FNO5/c1-33-18-8-5-9-19(34-2)20(18)23(30)21-22(14-6-3-4-7-17(14)28)29(25(32)24(21)31)13-10-11-15(26)16(27)12-13/h3-12,22,30H,1-2H3/b23-21+. The maximum absolute atomic E-state index is 15.0. The van der Waals surface area contributed by atoms with E-state index in [1.165, 1.54) is 50.6 Å². The van der Waals surface area contributed by atoms with E-state index in [0.717, 1.165) is 4.90 Å². The molecule has 1 amide bonds. The summed E-state index contributed by atoms with van der Waals surface area (Å²) in [6.45, 7) is 0. The molecule has 1 unspecified atom stereocenters. The number of aliphatic hydroxyl groups excluding tert-OH is 1. The predicted octanol–water partition coefficient (Wildman–Crippen LogP) is 5.78. The minimum atomic E-state index is -1.30. The summed E-state index contributed by atoms with van der Waals surface area (Å²) in [4.78, 5) is 27.6. The zero-order valence-electron chi connectivity index (χ0n) is 18.0. The number of rotatable bonds is 5. The molecule has 3 aromatic rings. The van der Waals surface area contributed by atoms with E-state index < -0.39 is 29.3 Å². The summed E-state index contributed by atoms with van der Waals surface area (Å²) >= 11 is 12.2. The van der Waals surface area contributed by atoms with Crippen molar-refractivity contribution in [3.63, 3.8) is 0 Å². The summed E-state index contributed by atoms with van der Waals surface area (Å²) < 4.78 is 25.7. The number of carbonyl (C=O) groups excluding carboxylic acids is 2. The lowest BCUT2D eigenvalue weighted by molar-refractivity contribution is -0.132. The highest BCUT2D eigenvalue weighted by molar-refractivity contribution is 6.52. The Hall–Kier alpha value is -3.55. The van der Waals surface area contributed by atoms with Crippen molar-refractivity contribution in [1.29, 1.82) is 0 Å². The van der Waals surface area contributed by atoms with Crippen LogP contribution in [0.4, 0.5) is 10.1 Å². The Bertz CT molecular complexity index is 1320. The lowest BCUT2D eigenvalue weighted by atomic mass is 9.94. The van der Waals surface area contributed by atoms with Crippen LogP contribution in [0.25, 0.3) is 5.76 Å². The number of halogens is 3. The average Bonchev–Trinajstić information content (AvgIpc) is 3.10. The number of nitrogens with zero attached hydrogens (tertiary/aromatic N) is 1. The summed E-state index contributed by atoms with van der Waals surface area (Å²) in [5.74, 6) is -2.82. The number of ether oxygens (including phenoxy) is 2. The van der Waals surface area contributed by atoms with Crippen LogP contribution < -0.4 is 14.4 Å². The molecule has 1 heterocycles. The van der Waals surface area contributed by atoms with E-state index in [4.69, 9.17) is 32.7 Å². The van der Waals surface area contributed by atoms with Crippen molar-refractivity contribution < 1.29 is 28.6 Å². The normalized spacial score (nSPS) is 17.2. The molecule has 1 aliphatic heterocycles. The SMILES string of the molecule is COc1cccc(OC)c1/C(O)=C1\C(=O)C(=O)N(c2ccc(Cl)c(Cl)c2)C1c1ccccc1F. The number of carbonyl (C=O) groups is 2. The third-order valence-electron chi connectivity index (χ3n) is 5.49. The van der Waals surface area contributed by atoms with E-state index in [2.05, 4.69) is 0 Å². The molecule has 0 radical (unpaired) electrons. The maximum Gasteiger partial charge on any atom is 0.300 e. The van der Waals surface area contributed by atoms with Crippen LogP contribution in [0.15, 0.2) is 66.2 Å². The molecule has 0 aliphatic carbocycles. The van der Waals surface area contributed by atoms with Gasteiger partial charge in [-0.15, -0.1) is 0 Å². The van der Waals surface area contributed by atoms with Gasteiger partial charge in [-0.25, -0.2) is 4.39 Å². The minimum Gasteiger partial charge on any atom is -0.506 e. The van der Waals surface area contributed by atoms with Crippen molar-refractivity contribution in [2.24, 2.45) is 0 Å². The molecule has 34 heavy (non-hydrogen) atoms. The van der Waals surface area contributed by atoms with Gasteiger partial charge in [0.2, 0.25) is 0 Å². The van der Waals surface area contributed by atoms with Crippen LogP contribution in [0.3, 0.4) is 0 Å². The fraction of sp³-hybridized carbons (Fsp3) is 0.120.